The topological polar surface area (TPSA) is 31.0 Å². The highest BCUT2D eigenvalue weighted by atomic mass is 16.3. The van der Waals surface area contributed by atoms with E-state index in [1.807, 2.05) is 12.1 Å². The van der Waals surface area contributed by atoms with Crippen LogP contribution in [0.5, 0.6) is 0 Å². The predicted molar refractivity (Wildman–Crippen MR) is 278 cm³/mol. The fourth-order valence-electron chi connectivity index (χ4n) is 10.6. The lowest BCUT2D eigenvalue weighted by Crippen LogP contribution is -1.98. The summed E-state index contributed by atoms with van der Waals surface area (Å²) < 4.78 is 8.71. The van der Waals surface area contributed by atoms with Crippen LogP contribution in [0.1, 0.15) is 0 Å². The van der Waals surface area contributed by atoms with Crippen LogP contribution in [0.4, 0.5) is 0 Å². The highest BCUT2D eigenvalue weighted by molar-refractivity contribution is 6.29. The maximum absolute atomic E-state index is 6.24. The lowest BCUT2D eigenvalue weighted by molar-refractivity contribution is 0.669. The maximum atomic E-state index is 6.24. The number of aromatic nitrogens is 2. The van der Waals surface area contributed by atoms with Crippen LogP contribution in [0.3, 0.4) is 0 Å². The number of nitrogens with zero attached hydrogens (tertiary/aromatic N) is 2. The summed E-state index contributed by atoms with van der Waals surface area (Å²) >= 11 is 0. The van der Waals surface area contributed by atoms with Gasteiger partial charge in [-0.25, -0.2) is 4.98 Å². The minimum Gasteiger partial charge on any atom is -0.456 e. The third-order valence-electron chi connectivity index (χ3n) is 13.7. The molecule has 0 amide bonds. The van der Waals surface area contributed by atoms with E-state index in [9.17, 15) is 0 Å². The second-order valence-corrected chi connectivity index (χ2v) is 17.5. The fraction of sp³-hybridized carbons (Fsp3) is 0. The second-order valence-electron chi connectivity index (χ2n) is 17.5. The Labute approximate surface area is 380 Å². The number of furan rings is 1. The molecule has 3 nitrogen and oxygen atoms in total. The molecular weight excluding hydrogens is 801 g/mol. The quantitative estimate of drug-likeness (QED) is 0.162. The molecule has 0 atom stereocenters. The summed E-state index contributed by atoms with van der Waals surface area (Å²) in [5.41, 5.74) is 13.9. The van der Waals surface area contributed by atoms with Crippen molar-refractivity contribution in [2.75, 3.05) is 0 Å². The Morgan fingerprint density at radius 2 is 0.818 bits per heavy atom. The van der Waals surface area contributed by atoms with Crippen LogP contribution in [-0.4, -0.2) is 9.55 Å². The van der Waals surface area contributed by atoms with Crippen molar-refractivity contribution in [1.29, 1.82) is 0 Å². The van der Waals surface area contributed by atoms with Gasteiger partial charge >= 0.3 is 0 Å². The van der Waals surface area contributed by atoms with Gasteiger partial charge in [0.25, 0.3) is 0 Å². The normalized spacial score (nSPS) is 11.9. The second kappa shape index (κ2) is 14.4. The molecule has 0 radical (unpaired) electrons. The number of hydrogen-bond acceptors (Lipinski definition) is 2. The first-order valence-corrected chi connectivity index (χ1v) is 22.6. The zero-order valence-electron chi connectivity index (χ0n) is 35.7. The molecule has 3 heteroatoms. The average molecular weight is 839 g/mol. The summed E-state index contributed by atoms with van der Waals surface area (Å²) in [6.07, 6.45) is 0. The molecule has 0 N–H and O–H groups in total. The lowest BCUT2D eigenvalue weighted by atomic mass is 9.90. The number of hydrogen-bond donors (Lipinski definition) is 0. The summed E-state index contributed by atoms with van der Waals surface area (Å²) in [5, 5.41) is 14.5. The van der Waals surface area contributed by atoms with Crippen molar-refractivity contribution in [3.8, 4) is 50.5 Å². The first-order valence-electron chi connectivity index (χ1n) is 22.6. The first kappa shape index (κ1) is 36.7. The summed E-state index contributed by atoms with van der Waals surface area (Å²) in [4.78, 5) is 5.29. The van der Waals surface area contributed by atoms with Crippen molar-refractivity contribution >= 4 is 86.8 Å². The van der Waals surface area contributed by atoms with E-state index in [-0.39, 0.29) is 0 Å². The van der Waals surface area contributed by atoms with Crippen molar-refractivity contribution in [3.63, 3.8) is 0 Å². The van der Waals surface area contributed by atoms with E-state index < -0.39 is 0 Å². The van der Waals surface area contributed by atoms with Crippen LogP contribution in [-0.2, 0) is 0 Å². The molecule has 0 saturated heterocycles. The standard InChI is InChI=1S/C63H38N2O/c1-3-15-40(16-4-1)58-35-45(36-59(64-58)41-17-5-2-6-18-41)65-60-30-27-44(47-24-13-19-39-14-7-8-20-46(39)47)34-55(60)56-37-53-52-32-42(43-28-31-63-57(33-43)51-23-11-12-25-62(51)66-63)26-29-50(52)48-21-9-10-22-49(48)54(53)38-61(56)65/h1-38H. The molecule has 11 aromatic carbocycles. The van der Waals surface area contributed by atoms with Gasteiger partial charge in [0.1, 0.15) is 11.2 Å². The number of pyridine rings is 1. The van der Waals surface area contributed by atoms with Crippen molar-refractivity contribution < 1.29 is 4.42 Å². The SMILES string of the molecule is c1ccc(-c2cc(-n3c4ccc(-c5cccc6ccccc56)cc4c4cc5c6cc(-c7ccc8oc9ccccc9c8c7)ccc6c6ccccc6c5cc43)cc(-c3ccccc3)n2)cc1. The van der Waals surface area contributed by atoms with E-state index in [0.717, 1.165) is 66.7 Å². The molecule has 14 aromatic rings. The Balaban J connectivity index is 1.09. The predicted octanol–water partition coefficient (Wildman–Crippen LogP) is 17.4. The first-order chi connectivity index (χ1) is 32.7. The molecule has 0 aliphatic carbocycles. The summed E-state index contributed by atoms with van der Waals surface area (Å²) in [6, 6.07) is 83.7. The van der Waals surface area contributed by atoms with E-state index in [1.54, 1.807) is 0 Å². The highest BCUT2D eigenvalue weighted by Gasteiger charge is 2.20. The molecule has 0 unspecified atom stereocenters. The number of para-hydroxylation sites is 1. The molecule has 3 aromatic heterocycles. The molecule has 306 valence electrons. The van der Waals surface area contributed by atoms with Crippen molar-refractivity contribution in [1.82, 2.24) is 9.55 Å². The van der Waals surface area contributed by atoms with Gasteiger partial charge < -0.3 is 8.98 Å². The van der Waals surface area contributed by atoms with Crippen molar-refractivity contribution in [3.05, 3.63) is 231 Å². The summed E-state index contributed by atoms with van der Waals surface area (Å²) in [5.74, 6) is 0. The molecule has 0 saturated carbocycles. The molecule has 3 heterocycles. The Morgan fingerprint density at radius 3 is 1.59 bits per heavy atom. The summed E-state index contributed by atoms with van der Waals surface area (Å²) in [6.45, 7) is 0. The molecular formula is C63H38N2O. The van der Waals surface area contributed by atoms with Crippen LogP contribution >= 0.6 is 0 Å². The van der Waals surface area contributed by atoms with E-state index >= 15 is 0 Å². The Bertz CT molecular complexity index is 4210. The average Bonchev–Trinajstić information content (AvgIpc) is 3.93. The van der Waals surface area contributed by atoms with E-state index in [1.165, 1.54) is 70.6 Å². The fourth-order valence-corrected chi connectivity index (χ4v) is 10.6. The van der Waals surface area contributed by atoms with Crippen LogP contribution in [0.15, 0.2) is 235 Å². The van der Waals surface area contributed by atoms with Gasteiger partial charge in [-0.15, -0.1) is 0 Å². The molecule has 66 heavy (non-hydrogen) atoms. The van der Waals surface area contributed by atoms with Gasteiger partial charge in [-0.2, -0.15) is 0 Å². The van der Waals surface area contributed by atoms with E-state index in [0.29, 0.717) is 0 Å². The third-order valence-corrected chi connectivity index (χ3v) is 13.7. The van der Waals surface area contributed by atoms with Crippen molar-refractivity contribution in [2.24, 2.45) is 0 Å². The van der Waals surface area contributed by atoms with Crippen LogP contribution in [0.25, 0.3) is 137 Å². The van der Waals surface area contributed by atoms with Gasteiger partial charge in [0.15, 0.2) is 0 Å². The van der Waals surface area contributed by atoms with E-state index in [2.05, 4.69) is 223 Å². The highest BCUT2D eigenvalue weighted by Crippen LogP contribution is 2.44. The third kappa shape index (κ3) is 5.67. The smallest absolute Gasteiger partial charge is 0.135 e. The number of fused-ring (bicyclic) bond motifs is 13. The number of benzene rings is 11. The molecule has 0 fully saturated rings. The minimum absolute atomic E-state index is 0.903. The lowest BCUT2D eigenvalue weighted by Gasteiger charge is -2.15. The van der Waals surface area contributed by atoms with Gasteiger partial charge in [-0.3, -0.25) is 0 Å². The summed E-state index contributed by atoms with van der Waals surface area (Å²) in [7, 11) is 0. The molecule has 14 rings (SSSR count). The van der Waals surface area contributed by atoms with Gasteiger partial charge in [-0.05, 0) is 126 Å². The van der Waals surface area contributed by atoms with Crippen LogP contribution < -0.4 is 0 Å². The monoisotopic (exact) mass is 838 g/mol. The molecule has 0 spiro atoms. The van der Waals surface area contributed by atoms with Gasteiger partial charge in [0, 0.05) is 32.7 Å². The molecule has 0 aliphatic rings. The maximum Gasteiger partial charge on any atom is 0.135 e. The van der Waals surface area contributed by atoms with Gasteiger partial charge in [-0.1, -0.05) is 170 Å². The Hall–Kier alpha value is -8.79. The molecule has 0 aliphatic heterocycles. The van der Waals surface area contributed by atoms with Crippen LogP contribution in [0.2, 0.25) is 0 Å². The minimum atomic E-state index is 0.903. The largest absolute Gasteiger partial charge is 0.456 e. The van der Waals surface area contributed by atoms with Crippen LogP contribution in [0, 0.1) is 0 Å². The molecule has 0 bridgehead atoms. The zero-order valence-corrected chi connectivity index (χ0v) is 35.7. The Morgan fingerprint density at radius 1 is 0.288 bits per heavy atom. The van der Waals surface area contributed by atoms with E-state index in [4.69, 9.17) is 9.40 Å². The zero-order chi connectivity index (χ0) is 43.3. The number of rotatable bonds is 5. The van der Waals surface area contributed by atoms with Gasteiger partial charge in [0.2, 0.25) is 0 Å². The van der Waals surface area contributed by atoms with Gasteiger partial charge in [0.05, 0.1) is 28.1 Å². The van der Waals surface area contributed by atoms with Crippen molar-refractivity contribution in [2.45, 2.75) is 0 Å². The Kier molecular flexibility index (Phi) is 7.98.